The Balaban J connectivity index is 2.04. The second-order valence-corrected chi connectivity index (χ2v) is 6.70. The first-order valence-electron chi connectivity index (χ1n) is 8.99. The van der Waals surface area contributed by atoms with Gasteiger partial charge in [0.15, 0.2) is 10.9 Å². The summed E-state index contributed by atoms with van der Waals surface area (Å²) in [6, 6.07) is 6.49. The summed E-state index contributed by atoms with van der Waals surface area (Å²) in [6.07, 6.45) is -0.183. The average Bonchev–Trinajstić information content (AvgIpc) is 2.65. The Morgan fingerprint density at radius 1 is 1.19 bits per heavy atom. The van der Waals surface area contributed by atoms with Crippen LogP contribution in [0, 0.1) is 5.92 Å². The van der Waals surface area contributed by atoms with Crippen LogP contribution in [-0.2, 0) is 6.18 Å². The van der Waals surface area contributed by atoms with Crippen molar-refractivity contribution in [2.24, 2.45) is 5.92 Å². The molecule has 0 unspecified atom stereocenters. The first-order chi connectivity index (χ1) is 12.8. The van der Waals surface area contributed by atoms with E-state index in [1.54, 1.807) is 18.2 Å². The molecule has 0 aliphatic heterocycles. The maximum Gasteiger partial charge on any atom is 0.451 e. The number of unbranched alkanes of at least 4 members (excludes halogenated alkanes) is 1. The van der Waals surface area contributed by atoms with Crippen molar-refractivity contribution in [3.05, 3.63) is 30.1 Å². The van der Waals surface area contributed by atoms with E-state index in [0.29, 0.717) is 23.0 Å². The average molecular weight is 399 g/mol. The third kappa shape index (κ3) is 6.20. The number of nitrogens with one attached hydrogen (secondary N) is 3. The molecule has 1 heterocycles. The van der Waals surface area contributed by atoms with Crippen molar-refractivity contribution >= 4 is 34.1 Å². The molecule has 0 aliphatic rings. The van der Waals surface area contributed by atoms with Gasteiger partial charge in [-0.25, -0.2) is 9.97 Å². The molecule has 0 bridgehead atoms. The number of thiocarbonyl (C=S) groups is 1. The van der Waals surface area contributed by atoms with Crippen molar-refractivity contribution in [3.63, 3.8) is 0 Å². The SMILES string of the molecule is CCCC[C@H](CC)CNC(=S)NNc1nc(C(F)(F)F)nc2ccccc12. The fraction of sp³-hybridized carbons (Fsp3) is 0.500. The molecule has 1 aromatic heterocycles. The van der Waals surface area contributed by atoms with Crippen molar-refractivity contribution in [3.8, 4) is 0 Å². The Labute approximate surface area is 162 Å². The molecule has 0 saturated heterocycles. The predicted molar refractivity (Wildman–Crippen MR) is 105 cm³/mol. The van der Waals surface area contributed by atoms with Crippen LogP contribution in [0.4, 0.5) is 19.0 Å². The van der Waals surface area contributed by atoms with Gasteiger partial charge >= 0.3 is 6.18 Å². The highest BCUT2D eigenvalue weighted by molar-refractivity contribution is 7.80. The highest BCUT2D eigenvalue weighted by Crippen LogP contribution is 2.29. The molecule has 2 rings (SSSR count). The summed E-state index contributed by atoms with van der Waals surface area (Å²) >= 11 is 5.21. The summed E-state index contributed by atoms with van der Waals surface area (Å²) < 4.78 is 39.1. The summed E-state index contributed by atoms with van der Waals surface area (Å²) in [5, 5.41) is 3.87. The first-order valence-corrected chi connectivity index (χ1v) is 9.39. The van der Waals surface area contributed by atoms with Crippen molar-refractivity contribution in [1.29, 1.82) is 0 Å². The van der Waals surface area contributed by atoms with Crippen molar-refractivity contribution in [1.82, 2.24) is 20.7 Å². The predicted octanol–water partition coefficient (Wildman–Crippen LogP) is 4.66. The van der Waals surface area contributed by atoms with Gasteiger partial charge in [0.1, 0.15) is 0 Å². The monoisotopic (exact) mass is 399 g/mol. The lowest BCUT2D eigenvalue weighted by Crippen LogP contribution is -2.41. The van der Waals surface area contributed by atoms with Gasteiger partial charge in [-0.05, 0) is 36.7 Å². The summed E-state index contributed by atoms with van der Waals surface area (Å²) in [5.74, 6) is -0.675. The molecule has 27 heavy (non-hydrogen) atoms. The van der Waals surface area contributed by atoms with Crippen LogP contribution in [0.25, 0.3) is 10.9 Å². The number of hydrogen-bond donors (Lipinski definition) is 3. The molecule has 0 amide bonds. The highest BCUT2D eigenvalue weighted by Gasteiger charge is 2.35. The van der Waals surface area contributed by atoms with E-state index in [2.05, 4.69) is 40.0 Å². The molecule has 0 spiro atoms. The fourth-order valence-electron chi connectivity index (χ4n) is 2.64. The maximum atomic E-state index is 13.0. The zero-order valence-electron chi connectivity index (χ0n) is 15.4. The number of fused-ring (bicyclic) bond motifs is 1. The molecular formula is C18H24F3N5S. The number of alkyl halides is 3. The fourth-order valence-corrected chi connectivity index (χ4v) is 2.77. The van der Waals surface area contributed by atoms with Gasteiger partial charge in [-0.2, -0.15) is 13.2 Å². The molecule has 0 radical (unpaired) electrons. The molecule has 0 fully saturated rings. The van der Waals surface area contributed by atoms with E-state index in [4.69, 9.17) is 12.2 Å². The lowest BCUT2D eigenvalue weighted by atomic mass is 9.99. The van der Waals surface area contributed by atoms with Crippen LogP contribution in [0.5, 0.6) is 0 Å². The van der Waals surface area contributed by atoms with Gasteiger partial charge in [-0.3, -0.25) is 10.9 Å². The lowest BCUT2D eigenvalue weighted by molar-refractivity contribution is -0.144. The number of aromatic nitrogens is 2. The maximum absolute atomic E-state index is 13.0. The van der Waals surface area contributed by atoms with Crippen LogP contribution in [0.15, 0.2) is 24.3 Å². The number of rotatable bonds is 8. The molecule has 0 saturated carbocycles. The Bertz CT molecular complexity index is 766. The number of benzene rings is 1. The normalized spacial score (nSPS) is 12.6. The Hall–Kier alpha value is -2.16. The van der Waals surface area contributed by atoms with Gasteiger partial charge < -0.3 is 5.32 Å². The molecule has 9 heteroatoms. The Morgan fingerprint density at radius 3 is 2.59 bits per heavy atom. The van der Waals surface area contributed by atoms with E-state index in [-0.39, 0.29) is 11.3 Å². The van der Waals surface area contributed by atoms with Gasteiger partial charge in [-0.1, -0.05) is 45.2 Å². The second kappa shape index (κ2) is 9.68. The van der Waals surface area contributed by atoms with E-state index in [1.165, 1.54) is 6.07 Å². The zero-order chi connectivity index (χ0) is 19.9. The van der Waals surface area contributed by atoms with Gasteiger partial charge in [0.25, 0.3) is 0 Å². The first kappa shape index (κ1) is 21.1. The second-order valence-electron chi connectivity index (χ2n) is 6.29. The van der Waals surface area contributed by atoms with Gasteiger partial charge in [0, 0.05) is 11.9 Å². The zero-order valence-corrected chi connectivity index (χ0v) is 16.2. The number of hydrazine groups is 1. The molecule has 1 atom stereocenters. The minimum atomic E-state index is -4.63. The smallest absolute Gasteiger partial charge is 0.361 e. The van der Waals surface area contributed by atoms with Gasteiger partial charge in [0.05, 0.1) is 5.52 Å². The van der Waals surface area contributed by atoms with Crippen LogP contribution in [0.2, 0.25) is 0 Å². The van der Waals surface area contributed by atoms with Crippen LogP contribution in [-0.4, -0.2) is 21.6 Å². The molecule has 148 valence electrons. The standard InChI is InChI=1S/C18H24F3N5S/c1-3-5-8-12(4-2)11-22-17(27)26-25-15-13-9-6-7-10-14(13)23-16(24-15)18(19,20)21/h6-7,9-10,12H,3-5,8,11H2,1-2H3,(H2,22,26,27)(H,23,24,25)/t12-/m0/s1. The van der Waals surface area contributed by atoms with E-state index in [9.17, 15) is 13.2 Å². The molecule has 1 aromatic carbocycles. The quantitative estimate of drug-likeness (QED) is 0.443. The van der Waals surface area contributed by atoms with Crippen LogP contribution >= 0.6 is 12.2 Å². The number of halogens is 3. The Kier molecular flexibility index (Phi) is 7.58. The number of nitrogens with zero attached hydrogens (tertiary/aromatic N) is 2. The number of para-hydroxylation sites is 1. The summed E-state index contributed by atoms with van der Waals surface area (Å²) in [7, 11) is 0. The van der Waals surface area contributed by atoms with Crippen LogP contribution in [0.3, 0.4) is 0 Å². The summed E-state index contributed by atoms with van der Waals surface area (Å²) in [4.78, 5) is 7.18. The molecular weight excluding hydrogens is 375 g/mol. The van der Waals surface area contributed by atoms with Gasteiger partial charge in [0.2, 0.25) is 5.82 Å². The van der Waals surface area contributed by atoms with E-state index in [0.717, 1.165) is 25.7 Å². The molecule has 2 aromatic rings. The number of anilines is 1. The minimum Gasteiger partial charge on any atom is -0.361 e. The topological polar surface area (TPSA) is 61.9 Å². The molecule has 3 N–H and O–H groups in total. The Morgan fingerprint density at radius 2 is 1.93 bits per heavy atom. The van der Waals surface area contributed by atoms with Gasteiger partial charge in [-0.15, -0.1) is 0 Å². The highest BCUT2D eigenvalue weighted by atomic mass is 32.1. The van der Waals surface area contributed by atoms with Crippen LogP contribution in [0.1, 0.15) is 45.4 Å². The third-order valence-electron chi connectivity index (χ3n) is 4.25. The van der Waals surface area contributed by atoms with E-state index >= 15 is 0 Å². The third-order valence-corrected chi connectivity index (χ3v) is 4.49. The van der Waals surface area contributed by atoms with Crippen molar-refractivity contribution < 1.29 is 13.2 Å². The number of hydrogen-bond acceptors (Lipinski definition) is 4. The largest absolute Gasteiger partial charge is 0.451 e. The van der Waals surface area contributed by atoms with E-state index in [1.807, 2.05) is 0 Å². The lowest BCUT2D eigenvalue weighted by Gasteiger charge is -2.18. The molecule has 0 aliphatic carbocycles. The molecule has 5 nitrogen and oxygen atoms in total. The van der Waals surface area contributed by atoms with Crippen LogP contribution < -0.4 is 16.2 Å². The van der Waals surface area contributed by atoms with Crippen molar-refractivity contribution in [2.45, 2.75) is 45.7 Å². The van der Waals surface area contributed by atoms with Crippen molar-refractivity contribution in [2.75, 3.05) is 12.0 Å². The minimum absolute atomic E-state index is 0.0232. The summed E-state index contributed by atoms with van der Waals surface area (Å²) in [6.45, 7) is 4.99. The summed E-state index contributed by atoms with van der Waals surface area (Å²) in [5.41, 5.74) is 5.60. The van der Waals surface area contributed by atoms with E-state index < -0.39 is 12.0 Å².